The molecule has 0 saturated heterocycles. The summed E-state index contributed by atoms with van der Waals surface area (Å²) in [6, 6.07) is 8.99. The molecule has 0 aliphatic rings. The molecule has 0 atom stereocenters. The third-order valence-corrected chi connectivity index (χ3v) is 3.05. The predicted octanol–water partition coefficient (Wildman–Crippen LogP) is 4.00. The number of alkyl halides is 2. The van der Waals surface area contributed by atoms with E-state index < -0.39 is 6.43 Å². The van der Waals surface area contributed by atoms with Crippen molar-refractivity contribution in [2.24, 2.45) is 0 Å². The van der Waals surface area contributed by atoms with Crippen LogP contribution in [0.2, 0.25) is 0 Å². The summed E-state index contributed by atoms with van der Waals surface area (Å²) in [5, 5.41) is 0.0117. The van der Waals surface area contributed by atoms with Crippen molar-refractivity contribution in [2.45, 2.75) is 25.7 Å². The number of rotatable bonds is 6. The Labute approximate surface area is 98.2 Å². The van der Waals surface area contributed by atoms with Crippen molar-refractivity contribution in [1.82, 2.24) is 0 Å². The standard InChI is InChI=1S/C12H14F2OS/c13-11(14)8-4-5-9-16-12(15)10-6-2-1-3-7-10/h1-3,6-7,11H,4-5,8-9H2. The first-order valence-corrected chi connectivity index (χ1v) is 6.19. The topological polar surface area (TPSA) is 17.1 Å². The molecule has 0 fully saturated rings. The zero-order chi connectivity index (χ0) is 11.8. The summed E-state index contributed by atoms with van der Waals surface area (Å²) in [7, 11) is 0. The Kier molecular flexibility index (Phi) is 6.08. The highest BCUT2D eigenvalue weighted by atomic mass is 32.2. The molecule has 0 amide bonds. The van der Waals surface area contributed by atoms with E-state index in [0.717, 1.165) is 0 Å². The highest BCUT2D eigenvalue weighted by Crippen LogP contribution is 2.15. The van der Waals surface area contributed by atoms with Gasteiger partial charge in [-0.25, -0.2) is 8.78 Å². The number of carbonyl (C=O) groups excluding carboxylic acids is 1. The van der Waals surface area contributed by atoms with Crippen LogP contribution in [-0.2, 0) is 0 Å². The predicted molar refractivity (Wildman–Crippen MR) is 63.1 cm³/mol. The molecule has 1 aromatic carbocycles. The number of thioether (sulfide) groups is 1. The average molecular weight is 244 g/mol. The second-order valence-corrected chi connectivity index (χ2v) is 4.46. The van der Waals surface area contributed by atoms with E-state index in [1.54, 1.807) is 12.1 Å². The van der Waals surface area contributed by atoms with Gasteiger partial charge in [-0.15, -0.1) is 0 Å². The molecule has 0 aliphatic heterocycles. The van der Waals surface area contributed by atoms with Crippen molar-refractivity contribution in [3.8, 4) is 0 Å². The van der Waals surface area contributed by atoms with Crippen molar-refractivity contribution in [1.29, 1.82) is 0 Å². The minimum Gasteiger partial charge on any atom is -0.282 e. The molecule has 0 aliphatic carbocycles. The van der Waals surface area contributed by atoms with Crippen molar-refractivity contribution >= 4 is 16.9 Å². The number of unbranched alkanes of at least 4 members (excludes halogenated alkanes) is 1. The molecule has 0 heterocycles. The van der Waals surface area contributed by atoms with Gasteiger partial charge in [0.05, 0.1) is 0 Å². The largest absolute Gasteiger partial charge is 0.282 e. The Morgan fingerprint density at radius 3 is 2.50 bits per heavy atom. The molecule has 0 radical (unpaired) electrons. The molecule has 0 N–H and O–H groups in total. The van der Waals surface area contributed by atoms with Crippen LogP contribution in [0.5, 0.6) is 0 Å². The molecule has 88 valence electrons. The molecule has 0 aromatic heterocycles. The highest BCUT2D eigenvalue weighted by molar-refractivity contribution is 8.14. The molecule has 1 aromatic rings. The molecular weight excluding hydrogens is 230 g/mol. The number of hydrogen-bond acceptors (Lipinski definition) is 2. The molecule has 1 rings (SSSR count). The van der Waals surface area contributed by atoms with Gasteiger partial charge in [-0.05, 0) is 12.8 Å². The fraction of sp³-hybridized carbons (Fsp3) is 0.417. The maximum atomic E-state index is 11.8. The summed E-state index contributed by atoms with van der Waals surface area (Å²) in [4.78, 5) is 11.6. The molecule has 0 spiro atoms. The van der Waals surface area contributed by atoms with E-state index in [9.17, 15) is 13.6 Å². The lowest BCUT2D eigenvalue weighted by Crippen LogP contribution is -1.96. The Morgan fingerprint density at radius 2 is 1.88 bits per heavy atom. The van der Waals surface area contributed by atoms with Gasteiger partial charge in [-0.3, -0.25) is 4.79 Å². The maximum absolute atomic E-state index is 11.8. The Morgan fingerprint density at radius 1 is 1.19 bits per heavy atom. The van der Waals surface area contributed by atoms with Gasteiger partial charge in [0.1, 0.15) is 0 Å². The number of hydrogen-bond donors (Lipinski definition) is 0. The molecule has 16 heavy (non-hydrogen) atoms. The zero-order valence-electron chi connectivity index (χ0n) is 8.86. The molecule has 4 heteroatoms. The van der Waals surface area contributed by atoms with Crippen LogP contribution in [0.1, 0.15) is 29.6 Å². The van der Waals surface area contributed by atoms with Crippen molar-refractivity contribution in [2.75, 3.05) is 5.75 Å². The summed E-state index contributed by atoms with van der Waals surface area (Å²) in [5.74, 6) is 0.612. The van der Waals surface area contributed by atoms with Gasteiger partial charge in [-0.1, -0.05) is 42.1 Å². The molecule has 0 saturated carbocycles. The lowest BCUT2D eigenvalue weighted by molar-refractivity contribution is 0.108. The van der Waals surface area contributed by atoms with Crippen LogP contribution in [0, 0.1) is 0 Å². The minimum atomic E-state index is -2.23. The Hall–Kier alpha value is -0.900. The smallest absolute Gasteiger partial charge is 0.238 e. The minimum absolute atomic E-state index is 0.0117. The quantitative estimate of drug-likeness (QED) is 0.704. The maximum Gasteiger partial charge on any atom is 0.238 e. The van der Waals surface area contributed by atoms with Gasteiger partial charge in [0.2, 0.25) is 11.5 Å². The van der Waals surface area contributed by atoms with E-state index in [2.05, 4.69) is 0 Å². The fourth-order valence-electron chi connectivity index (χ4n) is 1.22. The van der Waals surface area contributed by atoms with Gasteiger partial charge in [-0.2, -0.15) is 0 Å². The second-order valence-electron chi connectivity index (χ2n) is 3.39. The third-order valence-electron chi connectivity index (χ3n) is 2.06. The zero-order valence-corrected chi connectivity index (χ0v) is 9.68. The van der Waals surface area contributed by atoms with Crippen LogP contribution < -0.4 is 0 Å². The van der Waals surface area contributed by atoms with Crippen molar-refractivity contribution < 1.29 is 13.6 Å². The van der Waals surface area contributed by atoms with Gasteiger partial charge in [0, 0.05) is 17.7 Å². The number of halogens is 2. The third kappa shape index (κ3) is 5.26. The molecule has 0 unspecified atom stereocenters. The van der Waals surface area contributed by atoms with Crippen LogP contribution in [-0.4, -0.2) is 17.3 Å². The molecule has 0 bridgehead atoms. The van der Waals surface area contributed by atoms with Crippen molar-refractivity contribution in [3.63, 3.8) is 0 Å². The fourth-order valence-corrected chi connectivity index (χ4v) is 2.06. The van der Waals surface area contributed by atoms with Gasteiger partial charge in [0.15, 0.2) is 0 Å². The number of carbonyl (C=O) groups is 1. The van der Waals surface area contributed by atoms with Crippen LogP contribution >= 0.6 is 11.8 Å². The average Bonchev–Trinajstić information content (AvgIpc) is 2.29. The van der Waals surface area contributed by atoms with E-state index in [4.69, 9.17) is 0 Å². The number of benzene rings is 1. The summed E-state index contributed by atoms with van der Waals surface area (Å²) < 4.78 is 23.6. The van der Waals surface area contributed by atoms with E-state index in [0.29, 0.717) is 24.2 Å². The summed E-state index contributed by atoms with van der Waals surface area (Å²) in [5.41, 5.74) is 0.668. The van der Waals surface area contributed by atoms with E-state index in [1.165, 1.54) is 11.8 Å². The first kappa shape index (κ1) is 13.2. The SMILES string of the molecule is O=C(SCCCCC(F)F)c1ccccc1. The van der Waals surface area contributed by atoms with Crippen LogP contribution in [0.4, 0.5) is 8.78 Å². The highest BCUT2D eigenvalue weighted by Gasteiger charge is 2.06. The molecule has 1 nitrogen and oxygen atoms in total. The van der Waals surface area contributed by atoms with E-state index in [1.807, 2.05) is 18.2 Å². The Balaban J connectivity index is 2.16. The Bertz CT molecular complexity index is 314. The van der Waals surface area contributed by atoms with Gasteiger partial charge >= 0.3 is 0 Å². The van der Waals surface area contributed by atoms with Crippen LogP contribution in [0.3, 0.4) is 0 Å². The summed E-state index contributed by atoms with van der Waals surface area (Å²) in [6.45, 7) is 0. The van der Waals surface area contributed by atoms with Crippen LogP contribution in [0.25, 0.3) is 0 Å². The first-order chi connectivity index (χ1) is 7.70. The lowest BCUT2D eigenvalue weighted by Gasteiger charge is -2.01. The first-order valence-electron chi connectivity index (χ1n) is 5.20. The molecular formula is C12H14F2OS. The van der Waals surface area contributed by atoms with Crippen molar-refractivity contribution in [3.05, 3.63) is 35.9 Å². The van der Waals surface area contributed by atoms with Gasteiger partial charge < -0.3 is 0 Å². The lowest BCUT2D eigenvalue weighted by atomic mass is 10.2. The monoisotopic (exact) mass is 244 g/mol. The summed E-state index contributed by atoms with van der Waals surface area (Å²) >= 11 is 1.20. The van der Waals surface area contributed by atoms with Crippen LogP contribution in [0.15, 0.2) is 30.3 Å². The summed E-state index contributed by atoms with van der Waals surface area (Å²) in [6.07, 6.45) is -1.16. The van der Waals surface area contributed by atoms with E-state index >= 15 is 0 Å². The van der Waals surface area contributed by atoms with E-state index in [-0.39, 0.29) is 11.5 Å². The normalized spacial score (nSPS) is 10.7. The second kappa shape index (κ2) is 7.39. The van der Waals surface area contributed by atoms with Gasteiger partial charge in [0.25, 0.3) is 0 Å².